The highest BCUT2D eigenvalue weighted by atomic mass is 16.6. The number of amides is 1. The molecule has 2 heterocycles. The van der Waals surface area contributed by atoms with E-state index in [2.05, 4.69) is 5.32 Å². The molecule has 3 atom stereocenters. The zero-order valence-corrected chi connectivity index (χ0v) is 12.5. The summed E-state index contributed by atoms with van der Waals surface area (Å²) >= 11 is 0. The Morgan fingerprint density at radius 3 is 2.82 bits per heavy atom. The third-order valence-corrected chi connectivity index (χ3v) is 4.41. The van der Waals surface area contributed by atoms with Crippen molar-refractivity contribution in [2.75, 3.05) is 20.2 Å². The van der Waals surface area contributed by atoms with E-state index in [1.54, 1.807) is 4.90 Å². The van der Waals surface area contributed by atoms with Gasteiger partial charge in [0.05, 0.1) is 19.1 Å². The van der Waals surface area contributed by atoms with Crippen molar-refractivity contribution in [2.45, 2.75) is 25.1 Å². The number of nitrogens with zero attached hydrogens (tertiary/aromatic N) is 1. The number of esters is 1. The fourth-order valence-electron chi connectivity index (χ4n) is 3.32. The number of nitrogens with one attached hydrogen (secondary N) is 1. The Hall–Kier alpha value is -2.08. The number of hydrogen-bond acceptors (Lipinski definition) is 5. The van der Waals surface area contributed by atoms with Gasteiger partial charge in [0.15, 0.2) is 0 Å². The minimum Gasteiger partial charge on any atom is -0.469 e. The smallest absolute Gasteiger partial charge is 0.410 e. The lowest BCUT2D eigenvalue weighted by atomic mass is 10.0. The Morgan fingerprint density at radius 1 is 1.32 bits per heavy atom. The Morgan fingerprint density at radius 2 is 2.09 bits per heavy atom. The lowest BCUT2D eigenvalue weighted by Gasteiger charge is -2.22. The highest BCUT2D eigenvalue weighted by Crippen LogP contribution is 2.31. The van der Waals surface area contributed by atoms with E-state index in [1.807, 2.05) is 30.3 Å². The summed E-state index contributed by atoms with van der Waals surface area (Å²) in [5, 5.41) is 3.29. The second kappa shape index (κ2) is 6.36. The van der Waals surface area contributed by atoms with Crippen LogP contribution in [0.2, 0.25) is 0 Å². The molecule has 118 valence electrons. The van der Waals surface area contributed by atoms with Crippen molar-refractivity contribution in [1.29, 1.82) is 0 Å². The molecule has 3 rings (SSSR count). The highest BCUT2D eigenvalue weighted by molar-refractivity contribution is 5.77. The van der Waals surface area contributed by atoms with Gasteiger partial charge in [-0.15, -0.1) is 0 Å². The standard InChI is InChI=1S/C16H20N2O4/c1-21-15(19)12-9-18(13-7-8-17-14(12)13)16(20)22-10-11-5-3-2-4-6-11/h2-6,12-14,17H,7-10H2,1H3. The molecule has 3 unspecified atom stereocenters. The molecular weight excluding hydrogens is 284 g/mol. The fourth-order valence-corrected chi connectivity index (χ4v) is 3.32. The van der Waals surface area contributed by atoms with E-state index in [-0.39, 0.29) is 36.7 Å². The molecule has 6 nitrogen and oxygen atoms in total. The van der Waals surface area contributed by atoms with Gasteiger partial charge >= 0.3 is 12.1 Å². The van der Waals surface area contributed by atoms with Gasteiger partial charge < -0.3 is 19.7 Å². The van der Waals surface area contributed by atoms with E-state index in [0.717, 1.165) is 18.5 Å². The number of carbonyl (C=O) groups excluding carboxylic acids is 2. The topological polar surface area (TPSA) is 67.9 Å². The first-order chi connectivity index (χ1) is 10.7. The van der Waals surface area contributed by atoms with Gasteiger partial charge in [0.25, 0.3) is 0 Å². The van der Waals surface area contributed by atoms with Crippen LogP contribution in [0.15, 0.2) is 30.3 Å². The Labute approximate surface area is 129 Å². The molecule has 0 saturated carbocycles. The highest BCUT2D eigenvalue weighted by Gasteiger charge is 2.50. The molecule has 1 aromatic carbocycles. The molecule has 2 saturated heterocycles. The first-order valence-electron chi connectivity index (χ1n) is 7.49. The SMILES string of the molecule is COC(=O)C1CN(C(=O)OCc2ccccc2)C2CCNC12. The van der Waals surface area contributed by atoms with Crippen molar-refractivity contribution in [3.8, 4) is 0 Å². The Kier molecular flexibility index (Phi) is 4.29. The van der Waals surface area contributed by atoms with Gasteiger partial charge in [0, 0.05) is 12.6 Å². The van der Waals surface area contributed by atoms with Gasteiger partial charge in [-0.05, 0) is 18.5 Å². The number of likely N-dealkylation sites (tertiary alicyclic amines) is 1. The van der Waals surface area contributed by atoms with Gasteiger partial charge in [-0.1, -0.05) is 30.3 Å². The van der Waals surface area contributed by atoms with Gasteiger partial charge in [-0.25, -0.2) is 4.79 Å². The zero-order valence-electron chi connectivity index (χ0n) is 12.5. The zero-order chi connectivity index (χ0) is 15.5. The number of ether oxygens (including phenoxy) is 2. The molecule has 1 amide bonds. The number of carbonyl (C=O) groups is 2. The quantitative estimate of drug-likeness (QED) is 0.849. The first-order valence-corrected chi connectivity index (χ1v) is 7.49. The summed E-state index contributed by atoms with van der Waals surface area (Å²) in [6, 6.07) is 9.53. The third-order valence-electron chi connectivity index (χ3n) is 4.41. The lowest BCUT2D eigenvalue weighted by molar-refractivity contribution is -0.145. The predicted octanol–water partition coefficient (Wildman–Crippen LogP) is 1.16. The summed E-state index contributed by atoms with van der Waals surface area (Å²) in [6.45, 7) is 1.39. The minimum absolute atomic E-state index is 0.00683. The van der Waals surface area contributed by atoms with E-state index in [4.69, 9.17) is 9.47 Å². The molecule has 0 spiro atoms. The minimum atomic E-state index is -0.367. The largest absolute Gasteiger partial charge is 0.469 e. The summed E-state index contributed by atoms with van der Waals surface area (Å²) < 4.78 is 10.2. The van der Waals surface area contributed by atoms with E-state index < -0.39 is 0 Å². The van der Waals surface area contributed by atoms with Crippen LogP contribution in [0, 0.1) is 5.92 Å². The summed E-state index contributed by atoms with van der Waals surface area (Å²) in [5.74, 6) is -0.593. The second-order valence-corrected chi connectivity index (χ2v) is 5.66. The van der Waals surface area contributed by atoms with Crippen molar-refractivity contribution in [3.63, 3.8) is 0 Å². The van der Waals surface area contributed by atoms with Crippen LogP contribution in [0.1, 0.15) is 12.0 Å². The first kappa shape index (κ1) is 14.8. The van der Waals surface area contributed by atoms with Crippen LogP contribution in [-0.4, -0.2) is 49.2 Å². The van der Waals surface area contributed by atoms with Gasteiger partial charge in [0.2, 0.25) is 0 Å². The molecule has 1 aromatic rings. The predicted molar refractivity (Wildman–Crippen MR) is 79.0 cm³/mol. The van der Waals surface area contributed by atoms with E-state index >= 15 is 0 Å². The van der Waals surface area contributed by atoms with Gasteiger partial charge in [-0.3, -0.25) is 4.79 Å². The number of hydrogen-bond donors (Lipinski definition) is 1. The van der Waals surface area contributed by atoms with Crippen molar-refractivity contribution in [2.24, 2.45) is 5.92 Å². The van der Waals surface area contributed by atoms with Crippen LogP contribution in [-0.2, 0) is 20.9 Å². The van der Waals surface area contributed by atoms with Crippen molar-refractivity contribution in [1.82, 2.24) is 10.2 Å². The molecule has 0 radical (unpaired) electrons. The number of rotatable bonds is 3. The Balaban J connectivity index is 1.63. The maximum absolute atomic E-state index is 12.3. The fraction of sp³-hybridized carbons (Fsp3) is 0.500. The maximum Gasteiger partial charge on any atom is 0.410 e. The monoisotopic (exact) mass is 304 g/mol. The summed E-state index contributed by atoms with van der Waals surface area (Å²) in [7, 11) is 1.38. The van der Waals surface area contributed by atoms with Gasteiger partial charge in [-0.2, -0.15) is 0 Å². The second-order valence-electron chi connectivity index (χ2n) is 5.66. The molecular formula is C16H20N2O4. The average molecular weight is 304 g/mol. The lowest BCUT2D eigenvalue weighted by Crippen LogP contribution is -2.39. The molecule has 2 aliphatic rings. The van der Waals surface area contributed by atoms with Gasteiger partial charge in [0.1, 0.15) is 6.61 Å². The molecule has 2 aliphatic heterocycles. The molecule has 0 bridgehead atoms. The summed E-state index contributed by atoms with van der Waals surface area (Å²) in [4.78, 5) is 25.9. The third kappa shape index (κ3) is 2.78. The molecule has 0 aromatic heterocycles. The van der Waals surface area contributed by atoms with E-state index in [1.165, 1.54) is 7.11 Å². The average Bonchev–Trinajstić information content (AvgIpc) is 3.15. The molecule has 1 N–H and O–H groups in total. The van der Waals surface area contributed by atoms with Crippen LogP contribution < -0.4 is 5.32 Å². The number of benzene rings is 1. The van der Waals surface area contributed by atoms with Crippen LogP contribution in [0.3, 0.4) is 0 Å². The molecule has 22 heavy (non-hydrogen) atoms. The molecule has 0 aliphatic carbocycles. The van der Waals surface area contributed by atoms with Crippen molar-refractivity contribution < 1.29 is 19.1 Å². The normalized spacial score (nSPS) is 26.6. The number of methoxy groups -OCH3 is 1. The summed E-state index contributed by atoms with van der Waals surface area (Å²) in [6.07, 6.45) is 0.465. The van der Waals surface area contributed by atoms with Crippen LogP contribution in [0.25, 0.3) is 0 Å². The van der Waals surface area contributed by atoms with Crippen LogP contribution in [0.4, 0.5) is 4.79 Å². The van der Waals surface area contributed by atoms with Crippen molar-refractivity contribution >= 4 is 12.1 Å². The molecule has 6 heteroatoms. The maximum atomic E-state index is 12.3. The summed E-state index contributed by atoms with van der Waals surface area (Å²) in [5.41, 5.74) is 0.945. The van der Waals surface area contributed by atoms with Crippen LogP contribution in [0.5, 0.6) is 0 Å². The van der Waals surface area contributed by atoms with Crippen molar-refractivity contribution in [3.05, 3.63) is 35.9 Å². The molecule has 2 fully saturated rings. The van der Waals surface area contributed by atoms with E-state index in [9.17, 15) is 9.59 Å². The van der Waals surface area contributed by atoms with E-state index in [0.29, 0.717) is 6.54 Å². The van der Waals surface area contributed by atoms with Crippen LogP contribution >= 0.6 is 0 Å². The Bertz CT molecular complexity index is 548. The number of fused-ring (bicyclic) bond motifs is 1.